The van der Waals surface area contributed by atoms with Crippen LogP contribution in [0.2, 0.25) is 0 Å². The van der Waals surface area contributed by atoms with Gasteiger partial charge in [-0.3, -0.25) is 0 Å². The largest absolute Gasteiger partial charge is 0.491 e. The van der Waals surface area contributed by atoms with E-state index in [1.807, 2.05) is 38.2 Å². The fourth-order valence-corrected chi connectivity index (χ4v) is 1.81. The van der Waals surface area contributed by atoms with E-state index in [0.29, 0.717) is 0 Å². The van der Waals surface area contributed by atoms with Crippen molar-refractivity contribution in [3.63, 3.8) is 0 Å². The Labute approximate surface area is 95.1 Å². The summed E-state index contributed by atoms with van der Waals surface area (Å²) in [4.78, 5) is 3.13. The average molecular weight is 219 g/mol. The summed E-state index contributed by atoms with van der Waals surface area (Å²) < 4.78 is 5.63. The lowest BCUT2D eigenvalue weighted by molar-refractivity contribution is 0.201. The van der Waals surface area contributed by atoms with Crippen molar-refractivity contribution in [3.05, 3.63) is 30.0 Å². The van der Waals surface area contributed by atoms with Crippen LogP contribution in [-0.4, -0.2) is 16.2 Å². The van der Waals surface area contributed by atoms with Gasteiger partial charge in [0.05, 0.1) is 12.2 Å². The lowest BCUT2D eigenvalue weighted by Crippen LogP contribution is -2.05. The number of aromatic amines is 1. The molecule has 0 fully saturated rings. The van der Waals surface area contributed by atoms with Gasteiger partial charge in [0.25, 0.3) is 0 Å². The lowest BCUT2D eigenvalue weighted by Gasteiger charge is -2.10. The third kappa shape index (κ3) is 2.04. The minimum absolute atomic E-state index is 0.159. The first-order valence-electron chi connectivity index (χ1n) is 5.53. The Morgan fingerprint density at radius 2 is 2.00 bits per heavy atom. The highest BCUT2D eigenvalue weighted by molar-refractivity contribution is 5.84. The molecule has 0 radical (unpaired) electrons. The van der Waals surface area contributed by atoms with E-state index in [2.05, 4.69) is 4.98 Å². The molecule has 0 saturated heterocycles. The van der Waals surface area contributed by atoms with Crippen LogP contribution in [0.3, 0.4) is 0 Å². The van der Waals surface area contributed by atoms with E-state index < -0.39 is 6.10 Å². The van der Waals surface area contributed by atoms with E-state index in [4.69, 9.17) is 4.74 Å². The van der Waals surface area contributed by atoms with Crippen molar-refractivity contribution in [2.75, 3.05) is 0 Å². The van der Waals surface area contributed by atoms with Gasteiger partial charge in [0.1, 0.15) is 5.75 Å². The topological polar surface area (TPSA) is 45.2 Å². The van der Waals surface area contributed by atoms with Crippen molar-refractivity contribution in [3.8, 4) is 5.75 Å². The molecule has 0 aliphatic carbocycles. The highest BCUT2D eigenvalue weighted by atomic mass is 16.5. The summed E-state index contributed by atoms with van der Waals surface area (Å²) in [6.07, 6.45) is 1.53. The van der Waals surface area contributed by atoms with Crippen molar-refractivity contribution in [1.82, 2.24) is 4.98 Å². The maximum absolute atomic E-state index is 9.62. The molecule has 16 heavy (non-hydrogen) atoms. The zero-order chi connectivity index (χ0) is 11.7. The van der Waals surface area contributed by atoms with Crippen LogP contribution in [0.25, 0.3) is 10.9 Å². The summed E-state index contributed by atoms with van der Waals surface area (Å²) in [5.74, 6) is 0.837. The number of fused-ring (bicyclic) bond motifs is 1. The zero-order valence-corrected chi connectivity index (χ0v) is 9.82. The van der Waals surface area contributed by atoms with Crippen LogP contribution in [0, 0.1) is 0 Å². The van der Waals surface area contributed by atoms with Crippen LogP contribution >= 0.6 is 0 Å². The highest BCUT2D eigenvalue weighted by Crippen LogP contribution is 2.27. The highest BCUT2D eigenvalue weighted by Gasteiger charge is 2.09. The second kappa shape index (κ2) is 4.18. The van der Waals surface area contributed by atoms with Gasteiger partial charge in [-0.25, -0.2) is 0 Å². The summed E-state index contributed by atoms with van der Waals surface area (Å²) in [5.41, 5.74) is 1.93. The van der Waals surface area contributed by atoms with Crippen LogP contribution in [0.15, 0.2) is 24.4 Å². The van der Waals surface area contributed by atoms with Crippen LogP contribution < -0.4 is 4.74 Å². The van der Waals surface area contributed by atoms with Gasteiger partial charge in [0.2, 0.25) is 0 Å². The van der Waals surface area contributed by atoms with Gasteiger partial charge in [0, 0.05) is 22.7 Å². The van der Waals surface area contributed by atoms with E-state index in [1.54, 1.807) is 6.92 Å². The molecule has 0 bridgehead atoms. The number of hydrogen-bond acceptors (Lipinski definition) is 2. The monoisotopic (exact) mass is 219 g/mol. The van der Waals surface area contributed by atoms with Crippen LogP contribution in [-0.2, 0) is 0 Å². The number of H-pyrrole nitrogens is 1. The predicted octanol–water partition coefficient (Wildman–Crippen LogP) is 3.01. The number of ether oxygens (including phenoxy) is 1. The van der Waals surface area contributed by atoms with E-state index in [-0.39, 0.29) is 6.10 Å². The summed E-state index contributed by atoms with van der Waals surface area (Å²) in [5, 5.41) is 10.6. The molecule has 86 valence electrons. The third-order valence-electron chi connectivity index (χ3n) is 2.51. The van der Waals surface area contributed by atoms with Gasteiger partial charge >= 0.3 is 0 Å². The van der Waals surface area contributed by atoms with Crippen LogP contribution in [0.5, 0.6) is 5.75 Å². The van der Waals surface area contributed by atoms with Crippen molar-refractivity contribution in [1.29, 1.82) is 0 Å². The maximum Gasteiger partial charge on any atom is 0.120 e. The average Bonchev–Trinajstić information content (AvgIpc) is 2.59. The molecule has 1 heterocycles. The van der Waals surface area contributed by atoms with E-state index in [1.165, 1.54) is 0 Å². The molecule has 2 rings (SSSR count). The van der Waals surface area contributed by atoms with E-state index >= 15 is 0 Å². The Kier molecular flexibility index (Phi) is 2.88. The fraction of sp³-hybridized carbons (Fsp3) is 0.385. The molecule has 0 amide bonds. The first-order chi connectivity index (χ1) is 7.58. The summed E-state index contributed by atoms with van der Waals surface area (Å²) >= 11 is 0. The Morgan fingerprint density at radius 1 is 1.25 bits per heavy atom. The Hall–Kier alpha value is -1.48. The molecule has 1 atom stereocenters. The van der Waals surface area contributed by atoms with Crippen molar-refractivity contribution >= 4 is 10.9 Å². The van der Waals surface area contributed by atoms with Gasteiger partial charge in [-0.05, 0) is 39.0 Å². The standard InChI is InChI=1S/C13H17NO2/c1-8(2)16-10-4-5-13-11(6-10)12(7-14-13)9(3)15/h4-9,14-15H,1-3H3/t9-/m1/s1. The van der Waals surface area contributed by atoms with Gasteiger partial charge in [-0.15, -0.1) is 0 Å². The number of aromatic nitrogens is 1. The molecule has 0 unspecified atom stereocenters. The molecule has 3 heteroatoms. The molecule has 0 aliphatic rings. The molecule has 1 aromatic carbocycles. The summed E-state index contributed by atoms with van der Waals surface area (Å²) in [6.45, 7) is 5.76. The zero-order valence-electron chi connectivity index (χ0n) is 9.82. The molecule has 0 aliphatic heterocycles. The normalized spacial score (nSPS) is 13.3. The lowest BCUT2D eigenvalue weighted by atomic mass is 10.1. The second-order valence-electron chi connectivity index (χ2n) is 4.29. The maximum atomic E-state index is 9.62. The Morgan fingerprint density at radius 3 is 2.62 bits per heavy atom. The molecular formula is C13H17NO2. The smallest absolute Gasteiger partial charge is 0.120 e. The minimum Gasteiger partial charge on any atom is -0.491 e. The summed E-state index contributed by atoms with van der Waals surface area (Å²) in [7, 11) is 0. The molecule has 0 saturated carbocycles. The predicted molar refractivity (Wildman–Crippen MR) is 64.7 cm³/mol. The third-order valence-corrected chi connectivity index (χ3v) is 2.51. The Bertz CT molecular complexity index is 486. The number of rotatable bonds is 3. The van der Waals surface area contributed by atoms with E-state index in [9.17, 15) is 5.11 Å². The fourth-order valence-electron chi connectivity index (χ4n) is 1.81. The van der Waals surface area contributed by atoms with Crippen LogP contribution in [0.4, 0.5) is 0 Å². The van der Waals surface area contributed by atoms with E-state index in [0.717, 1.165) is 22.2 Å². The number of aliphatic hydroxyl groups is 1. The SMILES string of the molecule is CC(C)Oc1ccc2[nH]cc([C@@H](C)O)c2c1. The molecule has 2 N–H and O–H groups in total. The first kappa shape index (κ1) is 11.0. The number of benzene rings is 1. The molecule has 0 spiro atoms. The van der Waals surface area contributed by atoms with Gasteiger partial charge in [-0.1, -0.05) is 0 Å². The number of hydrogen-bond donors (Lipinski definition) is 2. The van der Waals surface area contributed by atoms with Crippen molar-refractivity contribution in [2.24, 2.45) is 0 Å². The van der Waals surface area contributed by atoms with Gasteiger partial charge < -0.3 is 14.8 Å². The van der Waals surface area contributed by atoms with Crippen LogP contribution in [0.1, 0.15) is 32.4 Å². The Balaban J connectivity index is 2.46. The van der Waals surface area contributed by atoms with Crippen molar-refractivity contribution < 1.29 is 9.84 Å². The minimum atomic E-state index is -0.469. The second-order valence-corrected chi connectivity index (χ2v) is 4.29. The summed E-state index contributed by atoms with van der Waals surface area (Å²) in [6, 6.07) is 5.87. The van der Waals surface area contributed by atoms with Gasteiger partial charge in [-0.2, -0.15) is 0 Å². The molecule has 2 aromatic rings. The first-order valence-corrected chi connectivity index (χ1v) is 5.53. The molecule has 1 aromatic heterocycles. The van der Waals surface area contributed by atoms with Gasteiger partial charge in [0.15, 0.2) is 0 Å². The molecule has 3 nitrogen and oxygen atoms in total. The van der Waals surface area contributed by atoms with Crippen molar-refractivity contribution in [2.45, 2.75) is 33.0 Å². The molecular weight excluding hydrogens is 202 g/mol. The number of nitrogens with one attached hydrogen (secondary N) is 1. The number of aliphatic hydroxyl groups excluding tert-OH is 1. The quantitative estimate of drug-likeness (QED) is 0.833.